The van der Waals surface area contributed by atoms with E-state index in [1.165, 1.54) is 9.13 Å². The second-order valence-electron chi connectivity index (χ2n) is 3.38. The molecule has 1 aromatic heterocycles. The third-order valence-electron chi connectivity index (χ3n) is 1.76. The van der Waals surface area contributed by atoms with Gasteiger partial charge in [0.2, 0.25) is 5.88 Å². The number of aromatic nitrogens is 1. The fraction of sp³-hybridized carbons (Fsp3) is 0.500. The van der Waals surface area contributed by atoms with Gasteiger partial charge in [-0.15, -0.1) is 0 Å². The highest BCUT2D eigenvalue weighted by molar-refractivity contribution is 14.1. The lowest BCUT2D eigenvalue weighted by molar-refractivity contribution is 0.389. The average Bonchev–Trinajstić information content (AvgIpc) is 2.08. The molecule has 0 fully saturated rings. The molecule has 3 heteroatoms. The van der Waals surface area contributed by atoms with E-state index in [9.17, 15) is 0 Å². The first-order valence-corrected chi connectivity index (χ1v) is 5.40. The summed E-state index contributed by atoms with van der Waals surface area (Å²) >= 11 is 2.32. The fourth-order valence-electron chi connectivity index (χ4n) is 1.22. The Balaban J connectivity index is 3.00. The van der Waals surface area contributed by atoms with Crippen molar-refractivity contribution in [1.29, 1.82) is 0 Å². The molecule has 0 radical (unpaired) electrons. The van der Waals surface area contributed by atoms with Gasteiger partial charge in [0.15, 0.2) is 0 Å². The fourth-order valence-corrected chi connectivity index (χ4v) is 1.83. The first kappa shape index (κ1) is 10.8. The highest BCUT2D eigenvalue weighted by Crippen LogP contribution is 2.23. The lowest BCUT2D eigenvalue weighted by atomic mass is 10.0. The number of hydrogen-bond acceptors (Lipinski definition) is 2. The van der Waals surface area contributed by atoms with Gasteiger partial charge in [0.25, 0.3) is 0 Å². The third kappa shape index (κ3) is 2.83. The van der Waals surface area contributed by atoms with Crippen LogP contribution in [0.25, 0.3) is 0 Å². The number of nitrogens with zero attached hydrogens (tertiary/aromatic N) is 1. The minimum absolute atomic E-state index is 0.631. The van der Waals surface area contributed by atoms with E-state index in [0.29, 0.717) is 5.92 Å². The molecule has 0 amide bonds. The zero-order valence-corrected chi connectivity index (χ0v) is 10.3. The van der Waals surface area contributed by atoms with Crippen LogP contribution in [0, 0.1) is 9.49 Å². The first-order valence-electron chi connectivity index (χ1n) is 4.32. The molecule has 2 nitrogen and oxygen atoms in total. The molecule has 1 rings (SSSR count). The summed E-state index contributed by atoms with van der Waals surface area (Å²) < 4.78 is 6.45. The van der Waals surface area contributed by atoms with Crippen LogP contribution in [0.1, 0.15) is 19.4 Å². The first-order chi connectivity index (χ1) is 6.15. The summed E-state index contributed by atoms with van der Waals surface area (Å²) in [5, 5.41) is 0. The maximum Gasteiger partial charge on any atom is 0.217 e. The van der Waals surface area contributed by atoms with E-state index in [1.54, 1.807) is 13.3 Å². The second kappa shape index (κ2) is 4.79. The summed E-state index contributed by atoms with van der Waals surface area (Å²) in [6.45, 7) is 4.39. The molecule has 0 unspecified atom stereocenters. The number of halogens is 1. The minimum atomic E-state index is 0.631. The Kier molecular flexibility index (Phi) is 3.96. The molecule has 1 heterocycles. The summed E-state index contributed by atoms with van der Waals surface area (Å²) in [5.74, 6) is 1.40. The Hall–Kier alpha value is -0.320. The maximum absolute atomic E-state index is 5.21. The highest BCUT2D eigenvalue weighted by Gasteiger charge is 2.09. The summed E-state index contributed by atoms with van der Waals surface area (Å²) in [7, 11) is 1.67. The Morgan fingerprint density at radius 1 is 1.54 bits per heavy atom. The standard InChI is InChI=1S/C10H14INO/c1-7(2)6-8-9(11)4-5-12-10(8)13-3/h4-5,7H,6H2,1-3H3. The molecule has 0 N–H and O–H groups in total. The van der Waals surface area contributed by atoms with Crippen molar-refractivity contribution < 1.29 is 4.74 Å². The summed E-state index contributed by atoms with van der Waals surface area (Å²) in [6.07, 6.45) is 2.81. The number of rotatable bonds is 3. The van der Waals surface area contributed by atoms with E-state index in [4.69, 9.17) is 4.74 Å². The van der Waals surface area contributed by atoms with Gasteiger partial charge in [0, 0.05) is 15.3 Å². The van der Waals surface area contributed by atoms with Gasteiger partial charge in [-0.3, -0.25) is 0 Å². The van der Waals surface area contributed by atoms with E-state index in [1.807, 2.05) is 6.07 Å². The van der Waals surface area contributed by atoms with Gasteiger partial charge in [-0.25, -0.2) is 4.98 Å². The molecule has 0 aliphatic heterocycles. The number of pyridine rings is 1. The van der Waals surface area contributed by atoms with Gasteiger partial charge in [-0.05, 0) is 41.0 Å². The van der Waals surface area contributed by atoms with Gasteiger partial charge in [0.1, 0.15) is 0 Å². The van der Waals surface area contributed by atoms with E-state index in [0.717, 1.165) is 12.3 Å². The average molecular weight is 291 g/mol. The van der Waals surface area contributed by atoms with Crippen LogP contribution < -0.4 is 4.74 Å². The zero-order chi connectivity index (χ0) is 9.84. The van der Waals surface area contributed by atoms with Gasteiger partial charge < -0.3 is 4.74 Å². The number of ether oxygens (including phenoxy) is 1. The highest BCUT2D eigenvalue weighted by atomic mass is 127. The Morgan fingerprint density at radius 3 is 2.77 bits per heavy atom. The van der Waals surface area contributed by atoms with Crippen LogP contribution in [0.5, 0.6) is 5.88 Å². The van der Waals surface area contributed by atoms with Crippen molar-refractivity contribution in [2.24, 2.45) is 5.92 Å². The van der Waals surface area contributed by atoms with E-state index in [2.05, 4.69) is 41.4 Å². The van der Waals surface area contributed by atoms with Crippen LogP contribution in [0.15, 0.2) is 12.3 Å². The lowest BCUT2D eigenvalue weighted by Gasteiger charge is -2.10. The van der Waals surface area contributed by atoms with Crippen molar-refractivity contribution in [3.05, 3.63) is 21.4 Å². The van der Waals surface area contributed by atoms with Gasteiger partial charge in [-0.2, -0.15) is 0 Å². The van der Waals surface area contributed by atoms with Crippen molar-refractivity contribution in [2.75, 3.05) is 7.11 Å². The molecule has 0 saturated carbocycles. The SMILES string of the molecule is COc1nccc(I)c1CC(C)C. The van der Waals surface area contributed by atoms with Crippen molar-refractivity contribution in [3.63, 3.8) is 0 Å². The predicted molar refractivity (Wildman–Crippen MR) is 62.0 cm³/mol. The van der Waals surface area contributed by atoms with Crippen molar-refractivity contribution in [2.45, 2.75) is 20.3 Å². The van der Waals surface area contributed by atoms with Crippen LogP contribution in [0.4, 0.5) is 0 Å². The van der Waals surface area contributed by atoms with Gasteiger partial charge in [-0.1, -0.05) is 13.8 Å². The largest absolute Gasteiger partial charge is 0.481 e. The van der Waals surface area contributed by atoms with Gasteiger partial charge in [0.05, 0.1) is 7.11 Å². The monoisotopic (exact) mass is 291 g/mol. The van der Waals surface area contributed by atoms with Gasteiger partial charge >= 0.3 is 0 Å². The normalized spacial score (nSPS) is 10.5. The van der Waals surface area contributed by atoms with Crippen LogP contribution in [-0.4, -0.2) is 12.1 Å². The maximum atomic E-state index is 5.21. The van der Waals surface area contributed by atoms with Crippen LogP contribution in [0.2, 0.25) is 0 Å². The van der Waals surface area contributed by atoms with Crippen LogP contribution in [0.3, 0.4) is 0 Å². The Morgan fingerprint density at radius 2 is 2.23 bits per heavy atom. The van der Waals surface area contributed by atoms with Crippen molar-refractivity contribution >= 4 is 22.6 Å². The third-order valence-corrected chi connectivity index (χ3v) is 2.78. The summed E-state index contributed by atoms with van der Waals surface area (Å²) in [4.78, 5) is 4.18. The van der Waals surface area contributed by atoms with E-state index in [-0.39, 0.29) is 0 Å². The van der Waals surface area contributed by atoms with Crippen molar-refractivity contribution in [3.8, 4) is 5.88 Å². The molecule has 0 saturated heterocycles. The predicted octanol–water partition coefficient (Wildman–Crippen LogP) is 2.89. The second-order valence-corrected chi connectivity index (χ2v) is 4.54. The molecule has 72 valence electrons. The molecule has 1 aromatic rings. The molecule has 0 spiro atoms. The molecule has 13 heavy (non-hydrogen) atoms. The summed E-state index contributed by atoms with van der Waals surface area (Å²) in [6, 6.07) is 2.01. The molecule has 0 atom stereocenters. The molecule has 0 aromatic carbocycles. The number of hydrogen-bond donors (Lipinski definition) is 0. The molecule has 0 aliphatic carbocycles. The molecular weight excluding hydrogens is 277 g/mol. The number of methoxy groups -OCH3 is 1. The Labute approximate surface area is 92.9 Å². The van der Waals surface area contributed by atoms with E-state index >= 15 is 0 Å². The molecule has 0 aliphatic rings. The topological polar surface area (TPSA) is 22.1 Å². The zero-order valence-electron chi connectivity index (χ0n) is 8.17. The van der Waals surface area contributed by atoms with E-state index < -0.39 is 0 Å². The smallest absolute Gasteiger partial charge is 0.217 e. The Bertz CT molecular complexity index is 286. The van der Waals surface area contributed by atoms with Crippen LogP contribution >= 0.6 is 22.6 Å². The van der Waals surface area contributed by atoms with Crippen molar-refractivity contribution in [1.82, 2.24) is 4.98 Å². The minimum Gasteiger partial charge on any atom is -0.481 e. The molecular formula is C10H14INO. The summed E-state index contributed by atoms with van der Waals surface area (Å²) in [5.41, 5.74) is 1.22. The quantitative estimate of drug-likeness (QED) is 0.799. The lowest BCUT2D eigenvalue weighted by Crippen LogP contribution is -2.02. The molecule has 0 bridgehead atoms. The van der Waals surface area contributed by atoms with Crippen LogP contribution in [-0.2, 0) is 6.42 Å².